The summed E-state index contributed by atoms with van der Waals surface area (Å²) in [6.45, 7) is 2.10. The van der Waals surface area contributed by atoms with E-state index in [9.17, 15) is 0 Å². The molecular weight excluding hydrogens is 348 g/mol. The van der Waals surface area contributed by atoms with Crippen molar-refractivity contribution in [1.29, 1.82) is 0 Å². The van der Waals surface area contributed by atoms with Gasteiger partial charge in [0.1, 0.15) is 11.5 Å². The quantitative estimate of drug-likeness (QED) is 0.642. The van der Waals surface area contributed by atoms with Crippen LogP contribution < -0.4 is 9.47 Å². The summed E-state index contributed by atoms with van der Waals surface area (Å²) in [6, 6.07) is 26.9. The minimum Gasteiger partial charge on any atom is -0.497 e. The van der Waals surface area contributed by atoms with Crippen LogP contribution in [-0.2, 0) is 5.72 Å². The van der Waals surface area contributed by atoms with E-state index in [4.69, 9.17) is 14.6 Å². The maximum absolute atomic E-state index is 6.54. The molecule has 4 heteroatoms. The third kappa shape index (κ3) is 2.56. The van der Waals surface area contributed by atoms with Crippen molar-refractivity contribution in [2.24, 2.45) is 5.10 Å². The summed E-state index contributed by atoms with van der Waals surface area (Å²) < 4.78 is 11.8. The van der Waals surface area contributed by atoms with Gasteiger partial charge in [0.25, 0.3) is 0 Å². The second-order valence-corrected chi connectivity index (χ2v) is 7.33. The highest BCUT2D eigenvalue weighted by atomic mass is 16.5. The lowest BCUT2D eigenvalue weighted by Gasteiger charge is -2.46. The van der Waals surface area contributed by atoms with E-state index in [2.05, 4.69) is 54.4 Å². The van der Waals surface area contributed by atoms with Gasteiger partial charge in [-0.2, -0.15) is 5.10 Å². The van der Waals surface area contributed by atoms with Gasteiger partial charge in [-0.3, -0.25) is 0 Å². The average molecular weight is 370 g/mol. The summed E-state index contributed by atoms with van der Waals surface area (Å²) >= 11 is 0. The molecule has 0 radical (unpaired) electrons. The van der Waals surface area contributed by atoms with Crippen LogP contribution in [0.2, 0.25) is 0 Å². The van der Waals surface area contributed by atoms with Gasteiger partial charge in [-0.05, 0) is 35.9 Å². The van der Waals surface area contributed by atoms with Crippen LogP contribution in [-0.4, -0.2) is 17.8 Å². The molecule has 2 aliphatic rings. The van der Waals surface area contributed by atoms with Gasteiger partial charge in [0.15, 0.2) is 0 Å². The molecular formula is C24H22N2O2. The Balaban J connectivity index is 1.61. The van der Waals surface area contributed by atoms with Crippen molar-refractivity contribution in [2.75, 3.05) is 7.11 Å². The number of hydrogen-bond donors (Lipinski definition) is 0. The highest BCUT2D eigenvalue weighted by Gasteiger charge is 2.48. The van der Waals surface area contributed by atoms with E-state index in [0.29, 0.717) is 0 Å². The molecule has 28 heavy (non-hydrogen) atoms. The predicted octanol–water partition coefficient (Wildman–Crippen LogP) is 5.11. The predicted molar refractivity (Wildman–Crippen MR) is 110 cm³/mol. The van der Waals surface area contributed by atoms with Crippen molar-refractivity contribution in [3.63, 3.8) is 0 Å². The molecule has 0 amide bonds. The van der Waals surface area contributed by atoms with E-state index in [1.165, 1.54) is 5.56 Å². The van der Waals surface area contributed by atoms with Crippen LogP contribution >= 0.6 is 0 Å². The Morgan fingerprint density at radius 3 is 2.43 bits per heavy atom. The Bertz CT molecular complexity index is 1030. The van der Waals surface area contributed by atoms with Gasteiger partial charge in [-0.25, -0.2) is 5.01 Å². The lowest BCUT2D eigenvalue weighted by atomic mass is 9.92. The first kappa shape index (κ1) is 16.9. The second-order valence-electron chi connectivity index (χ2n) is 7.33. The topological polar surface area (TPSA) is 34.1 Å². The van der Waals surface area contributed by atoms with Crippen molar-refractivity contribution in [3.05, 3.63) is 95.6 Å². The summed E-state index contributed by atoms with van der Waals surface area (Å²) in [6.07, 6.45) is 0.842. The molecule has 2 atom stereocenters. The van der Waals surface area contributed by atoms with Gasteiger partial charge in [0.2, 0.25) is 5.72 Å². The summed E-state index contributed by atoms with van der Waals surface area (Å²) in [5, 5.41) is 7.18. The van der Waals surface area contributed by atoms with Crippen LogP contribution in [0.25, 0.3) is 0 Å². The molecule has 0 saturated carbocycles. The van der Waals surface area contributed by atoms with Gasteiger partial charge in [-0.15, -0.1) is 0 Å². The number of fused-ring (bicyclic) bond motifs is 3. The number of hydrogen-bond acceptors (Lipinski definition) is 4. The van der Waals surface area contributed by atoms with Crippen molar-refractivity contribution >= 4 is 5.71 Å². The number of nitrogens with zero attached hydrogens (tertiary/aromatic N) is 2. The number of benzene rings is 3. The smallest absolute Gasteiger partial charge is 0.221 e. The average Bonchev–Trinajstić information content (AvgIpc) is 3.21. The molecule has 0 bridgehead atoms. The molecule has 0 saturated heterocycles. The molecule has 0 aliphatic carbocycles. The van der Waals surface area contributed by atoms with Gasteiger partial charge in [-0.1, -0.05) is 48.5 Å². The SMILES string of the molecule is COc1ccc(C2=NN3[C@H](C2)c2ccccc2O[C@@]3(C)c2ccccc2)cc1. The van der Waals surface area contributed by atoms with Gasteiger partial charge >= 0.3 is 0 Å². The zero-order valence-corrected chi connectivity index (χ0v) is 16.0. The number of hydrazone groups is 1. The van der Waals surface area contributed by atoms with E-state index in [0.717, 1.165) is 34.8 Å². The molecule has 0 spiro atoms. The van der Waals surface area contributed by atoms with Crippen LogP contribution in [0.3, 0.4) is 0 Å². The molecule has 0 unspecified atom stereocenters. The van der Waals surface area contributed by atoms with Gasteiger partial charge in [0.05, 0.1) is 18.9 Å². The monoisotopic (exact) mass is 370 g/mol. The fourth-order valence-electron chi connectivity index (χ4n) is 4.15. The first-order valence-electron chi connectivity index (χ1n) is 9.54. The van der Waals surface area contributed by atoms with E-state index in [1.807, 2.05) is 36.4 Å². The van der Waals surface area contributed by atoms with E-state index >= 15 is 0 Å². The highest BCUT2D eigenvalue weighted by molar-refractivity contribution is 6.02. The fraction of sp³-hybridized carbons (Fsp3) is 0.208. The summed E-state index contributed by atoms with van der Waals surface area (Å²) in [7, 11) is 1.68. The van der Waals surface area contributed by atoms with Crippen LogP contribution in [0.5, 0.6) is 11.5 Å². The molecule has 0 fully saturated rings. The maximum Gasteiger partial charge on any atom is 0.221 e. The first-order chi connectivity index (χ1) is 13.7. The van der Waals surface area contributed by atoms with E-state index in [1.54, 1.807) is 7.11 Å². The Morgan fingerprint density at radius 2 is 1.68 bits per heavy atom. The minimum absolute atomic E-state index is 0.146. The standard InChI is InChI=1S/C24H22N2O2/c1-24(18-8-4-3-5-9-18)26-22(20-10-6-7-11-23(20)28-24)16-21(25-26)17-12-14-19(27-2)15-13-17/h3-15,22H,16H2,1-2H3/t22-,24+/m1/s1. The fourth-order valence-corrected chi connectivity index (χ4v) is 4.15. The Kier molecular flexibility index (Phi) is 3.86. The van der Waals surface area contributed by atoms with Gasteiger partial charge < -0.3 is 9.47 Å². The lowest BCUT2D eigenvalue weighted by molar-refractivity contribution is -0.112. The van der Waals surface area contributed by atoms with Crippen LogP contribution in [0.15, 0.2) is 84.0 Å². The number of para-hydroxylation sites is 1. The Hall–Kier alpha value is -3.27. The lowest BCUT2D eigenvalue weighted by Crippen LogP contribution is -2.48. The zero-order valence-electron chi connectivity index (χ0n) is 16.0. The van der Waals surface area contributed by atoms with E-state index < -0.39 is 5.72 Å². The Labute approximate surface area is 165 Å². The highest BCUT2D eigenvalue weighted by Crippen LogP contribution is 2.50. The number of rotatable bonds is 3. The summed E-state index contributed by atoms with van der Waals surface area (Å²) in [5.74, 6) is 1.78. The van der Waals surface area contributed by atoms with Crippen molar-refractivity contribution < 1.29 is 9.47 Å². The molecule has 0 N–H and O–H groups in total. The van der Waals surface area contributed by atoms with Crippen molar-refractivity contribution in [3.8, 4) is 11.5 Å². The first-order valence-corrected chi connectivity index (χ1v) is 9.54. The molecule has 4 nitrogen and oxygen atoms in total. The molecule has 5 rings (SSSR count). The second kappa shape index (κ2) is 6.41. The Morgan fingerprint density at radius 1 is 0.964 bits per heavy atom. The maximum atomic E-state index is 6.54. The van der Waals surface area contributed by atoms with Crippen molar-refractivity contribution in [2.45, 2.75) is 25.1 Å². The molecule has 0 aromatic heterocycles. The third-order valence-corrected chi connectivity index (χ3v) is 5.67. The summed E-state index contributed by atoms with van der Waals surface area (Å²) in [5.41, 5.74) is 3.80. The summed E-state index contributed by atoms with van der Waals surface area (Å²) in [4.78, 5) is 0. The third-order valence-electron chi connectivity index (χ3n) is 5.67. The zero-order chi connectivity index (χ0) is 19.1. The molecule has 3 aromatic carbocycles. The van der Waals surface area contributed by atoms with Crippen LogP contribution in [0.4, 0.5) is 0 Å². The molecule has 3 aromatic rings. The van der Waals surface area contributed by atoms with E-state index in [-0.39, 0.29) is 6.04 Å². The molecule has 2 aliphatic heterocycles. The number of ether oxygens (including phenoxy) is 2. The van der Waals surface area contributed by atoms with Crippen molar-refractivity contribution in [1.82, 2.24) is 5.01 Å². The van der Waals surface area contributed by atoms with Gasteiger partial charge in [0, 0.05) is 24.5 Å². The van der Waals surface area contributed by atoms with Crippen LogP contribution in [0, 0.1) is 0 Å². The molecule has 2 heterocycles. The minimum atomic E-state index is -0.658. The van der Waals surface area contributed by atoms with Crippen LogP contribution in [0.1, 0.15) is 36.1 Å². The number of methoxy groups -OCH3 is 1. The largest absolute Gasteiger partial charge is 0.497 e. The normalized spacial score (nSPS) is 22.7. The molecule has 140 valence electrons.